The van der Waals surface area contributed by atoms with Crippen molar-refractivity contribution in [3.05, 3.63) is 78.6 Å². The first-order valence-corrected chi connectivity index (χ1v) is 9.36. The number of aromatic nitrogens is 2. The van der Waals surface area contributed by atoms with Crippen LogP contribution < -0.4 is 0 Å². The average Bonchev–Trinajstić information content (AvgIpc) is 3.11. The van der Waals surface area contributed by atoms with E-state index in [0.29, 0.717) is 5.56 Å². The third-order valence-electron chi connectivity index (χ3n) is 5.27. The number of benzene rings is 2. The van der Waals surface area contributed by atoms with Gasteiger partial charge in [0.2, 0.25) is 0 Å². The lowest BCUT2D eigenvalue weighted by Crippen LogP contribution is -2.42. The highest BCUT2D eigenvalue weighted by atomic mass is 16.3. The van der Waals surface area contributed by atoms with Crippen LogP contribution in [-0.2, 0) is 0 Å². The van der Waals surface area contributed by atoms with Gasteiger partial charge < -0.3 is 14.6 Å². The van der Waals surface area contributed by atoms with Crippen LogP contribution in [0.25, 0.3) is 27.8 Å². The molecule has 3 heterocycles. The fourth-order valence-corrected chi connectivity index (χ4v) is 3.56. The zero-order valence-corrected chi connectivity index (χ0v) is 15.2. The zero-order valence-electron chi connectivity index (χ0n) is 15.2. The lowest BCUT2D eigenvalue weighted by Gasteiger charge is -2.31. The summed E-state index contributed by atoms with van der Waals surface area (Å²) in [5.41, 5.74) is 4.13. The zero-order chi connectivity index (χ0) is 19.1. The molecule has 0 aliphatic carbocycles. The second-order valence-corrected chi connectivity index (χ2v) is 7.04. The van der Waals surface area contributed by atoms with Crippen LogP contribution in [-0.4, -0.2) is 38.6 Å². The summed E-state index contributed by atoms with van der Waals surface area (Å²) in [5.74, 6) is -0.113. The highest BCUT2D eigenvalue weighted by molar-refractivity contribution is 5.98. The van der Waals surface area contributed by atoms with Crippen LogP contribution in [0.4, 0.5) is 0 Å². The molecule has 5 heteroatoms. The summed E-state index contributed by atoms with van der Waals surface area (Å²) < 4.78 is 1.94. The molecule has 28 heavy (non-hydrogen) atoms. The normalized spacial score (nSPS) is 13.5. The van der Waals surface area contributed by atoms with Crippen LogP contribution in [0.2, 0.25) is 0 Å². The Morgan fingerprint density at radius 1 is 0.964 bits per heavy atom. The van der Waals surface area contributed by atoms with Crippen LogP contribution in [0.1, 0.15) is 16.8 Å². The molecule has 0 spiro atoms. The molecule has 0 radical (unpaired) electrons. The van der Waals surface area contributed by atoms with Crippen LogP contribution in [0.15, 0.2) is 73.1 Å². The van der Waals surface area contributed by atoms with Crippen LogP contribution in [0.3, 0.4) is 0 Å². The lowest BCUT2D eigenvalue weighted by atomic mass is 10.1. The molecule has 0 unspecified atom stereocenters. The van der Waals surface area contributed by atoms with Crippen molar-refractivity contribution in [3.8, 4) is 22.6 Å². The second-order valence-electron chi connectivity index (χ2n) is 7.04. The maximum Gasteiger partial charge on any atom is 0.257 e. The fraction of sp³-hybridized carbons (Fsp3) is 0.130. The first kappa shape index (κ1) is 16.6. The number of fused-ring (bicyclic) bond motifs is 1. The molecule has 2 aromatic carbocycles. The SMILES string of the molecule is O=C(c1cc(-n2ccc3cc(-c4ccccc4)cnc32)ccc1O)N1CCC1. The van der Waals surface area contributed by atoms with Crippen molar-refractivity contribution in [2.45, 2.75) is 6.42 Å². The quantitative estimate of drug-likeness (QED) is 0.587. The van der Waals surface area contributed by atoms with E-state index in [9.17, 15) is 9.90 Å². The van der Waals surface area contributed by atoms with Gasteiger partial charge in [-0.3, -0.25) is 4.79 Å². The van der Waals surface area contributed by atoms with Crippen molar-refractivity contribution >= 4 is 16.9 Å². The Morgan fingerprint density at radius 3 is 2.54 bits per heavy atom. The smallest absolute Gasteiger partial charge is 0.257 e. The summed E-state index contributed by atoms with van der Waals surface area (Å²) >= 11 is 0. The number of phenolic OH excluding ortho intramolecular Hbond substituents is 1. The first-order chi connectivity index (χ1) is 13.7. The first-order valence-electron chi connectivity index (χ1n) is 9.36. The number of carbonyl (C=O) groups excluding carboxylic acids is 1. The van der Waals surface area contributed by atoms with E-state index in [1.54, 1.807) is 23.1 Å². The Labute approximate surface area is 162 Å². The van der Waals surface area contributed by atoms with Gasteiger partial charge in [-0.2, -0.15) is 0 Å². The van der Waals surface area contributed by atoms with Gasteiger partial charge in [-0.05, 0) is 42.3 Å². The number of hydrogen-bond donors (Lipinski definition) is 1. The van der Waals surface area contributed by atoms with E-state index in [-0.39, 0.29) is 11.7 Å². The molecule has 1 saturated heterocycles. The molecule has 1 aliphatic heterocycles. The van der Waals surface area contributed by atoms with Crippen molar-refractivity contribution < 1.29 is 9.90 Å². The maximum absolute atomic E-state index is 12.6. The van der Waals surface area contributed by atoms with E-state index in [4.69, 9.17) is 0 Å². The number of likely N-dealkylation sites (tertiary alicyclic amines) is 1. The standard InChI is InChI=1S/C23H19N3O2/c27-21-8-7-19(14-20(21)23(28)25-10-4-11-25)26-12-9-17-13-18(15-24-22(17)26)16-5-2-1-3-6-16/h1-3,5-9,12-15,27H,4,10-11H2. The third-order valence-corrected chi connectivity index (χ3v) is 5.27. The third kappa shape index (κ3) is 2.72. The van der Waals surface area contributed by atoms with Crippen LogP contribution in [0.5, 0.6) is 5.75 Å². The molecule has 0 atom stereocenters. The number of amides is 1. The van der Waals surface area contributed by atoms with E-state index >= 15 is 0 Å². The molecule has 1 amide bonds. The highest BCUT2D eigenvalue weighted by Crippen LogP contribution is 2.28. The molecule has 4 aromatic rings. The molecule has 0 bridgehead atoms. The molecular formula is C23H19N3O2. The van der Waals surface area contributed by atoms with Crippen molar-refractivity contribution in [1.29, 1.82) is 0 Å². The summed E-state index contributed by atoms with van der Waals surface area (Å²) in [5, 5.41) is 11.2. The molecule has 1 aliphatic rings. The van der Waals surface area contributed by atoms with Crippen molar-refractivity contribution in [2.24, 2.45) is 0 Å². The maximum atomic E-state index is 12.6. The van der Waals surface area contributed by atoms with Gasteiger partial charge >= 0.3 is 0 Å². The van der Waals surface area contributed by atoms with Gasteiger partial charge in [0.15, 0.2) is 0 Å². The monoisotopic (exact) mass is 369 g/mol. The largest absolute Gasteiger partial charge is 0.507 e. The Bertz CT molecular complexity index is 1180. The molecule has 138 valence electrons. The van der Waals surface area contributed by atoms with E-state index in [0.717, 1.165) is 47.4 Å². The molecule has 1 N–H and O–H groups in total. The molecule has 5 rings (SSSR count). The molecule has 2 aromatic heterocycles. The Hall–Kier alpha value is -3.60. The average molecular weight is 369 g/mol. The highest BCUT2D eigenvalue weighted by Gasteiger charge is 2.24. The van der Waals surface area contributed by atoms with Gasteiger partial charge in [-0.25, -0.2) is 4.98 Å². The number of hydrogen-bond acceptors (Lipinski definition) is 3. The minimum atomic E-state index is -0.124. The summed E-state index contributed by atoms with van der Waals surface area (Å²) in [6.45, 7) is 1.50. The van der Waals surface area contributed by atoms with Gasteiger partial charge in [-0.15, -0.1) is 0 Å². The van der Waals surface area contributed by atoms with Gasteiger partial charge in [-0.1, -0.05) is 30.3 Å². The molecule has 0 saturated carbocycles. The summed E-state index contributed by atoms with van der Waals surface area (Å²) in [6, 6.07) is 19.4. The number of aromatic hydroxyl groups is 1. The lowest BCUT2D eigenvalue weighted by molar-refractivity contribution is 0.0648. The number of pyridine rings is 1. The van der Waals surface area contributed by atoms with Gasteiger partial charge in [0.1, 0.15) is 11.4 Å². The number of carbonyl (C=O) groups is 1. The predicted octanol–water partition coefficient (Wildman–Crippen LogP) is 4.24. The molecule has 1 fully saturated rings. The molecular weight excluding hydrogens is 350 g/mol. The minimum absolute atomic E-state index is 0.0106. The number of nitrogens with zero attached hydrogens (tertiary/aromatic N) is 3. The Morgan fingerprint density at radius 2 is 1.79 bits per heavy atom. The fourth-order valence-electron chi connectivity index (χ4n) is 3.56. The molecule has 5 nitrogen and oxygen atoms in total. The van der Waals surface area contributed by atoms with E-state index in [1.807, 2.05) is 41.2 Å². The van der Waals surface area contributed by atoms with Crippen LogP contribution >= 0.6 is 0 Å². The number of phenols is 1. The minimum Gasteiger partial charge on any atom is -0.507 e. The Balaban J connectivity index is 1.55. The van der Waals surface area contributed by atoms with Crippen molar-refractivity contribution in [3.63, 3.8) is 0 Å². The van der Waals surface area contributed by atoms with Crippen molar-refractivity contribution in [1.82, 2.24) is 14.5 Å². The summed E-state index contributed by atoms with van der Waals surface area (Å²) in [6.07, 6.45) is 4.82. The van der Waals surface area contributed by atoms with E-state index in [1.165, 1.54) is 0 Å². The predicted molar refractivity (Wildman–Crippen MR) is 109 cm³/mol. The van der Waals surface area contributed by atoms with Crippen molar-refractivity contribution in [2.75, 3.05) is 13.1 Å². The summed E-state index contributed by atoms with van der Waals surface area (Å²) in [7, 11) is 0. The van der Waals surface area contributed by atoms with Gasteiger partial charge in [0, 0.05) is 42.1 Å². The Kier molecular flexibility index (Phi) is 3.86. The summed E-state index contributed by atoms with van der Waals surface area (Å²) in [4.78, 5) is 19.0. The van der Waals surface area contributed by atoms with Gasteiger partial charge in [0.25, 0.3) is 5.91 Å². The second kappa shape index (κ2) is 6.53. The van der Waals surface area contributed by atoms with E-state index in [2.05, 4.69) is 23.2 Å². The number of rotatable bonds is 3. The van der Waals surface area contributed by atoms with Gasteiger partial charge in [0.05, 0.1) is 5.56 Å². The topological polar surface area (TPSA) is 58.4 Å². The van der Waals surface area contributed by atoms with Crippen LogP contribution in [0, 0.1) is 0 Å². The van der Waals surface area contributed by atoms with E-state index < -0.39 is 0 Å².